The van der Waals surface area contributed by atoms with Crippen LogP contribution in [0.4, 0.5) is 4.79 Å². The molecule has 1 heterocycles. The first kappa shape index (κ1) is 41.9. The highest BCUT2D eigenvalue weighted by atomic mass is 16.7. The standard InChI is InChI=1S/C39H75NO5/c1-4-5-6-7-8-12-19-24-31-37(45-39(41)42)32-25-20-14-10-9-13-17-22-29-36(44-38-33-26-28-35-43-38)30-23-18-15-11-16-21-27-34-40(2)3/h17,22,36-38H,4-16,18-21,23-35H2,1-3H3,(H,41,42)/t36-,37?,38?/m0/s1. The van der Waals surface area contributed by atoms with Crippen molar-refractivity contribution >= 4 is 6.16 Å². The van der Waals surface area contributed by atoms with E-state index in [0.29, 0.717) is 0 Å². The molecule has 1 aliphatic heterocycles. The van der Waals surface area contributed by atoms with Crippen molar-refractivity contribution in [1.29, 1.82) is 0 Å². The Balaban J connectivity index is 2.15. The number of carboxylic acid groups (broad SMARTS) is 1. The lowest BCUT2D eigenvalue weighted by atomic mass is 10.0. The number of rotatable bonds is 32. The van der Waals surface area contributed by atoms with Crippen molar-refractivity contribution < 1.29 is 24.1 Å². The highest BCUT2D eigenvalue weighted by Gasteiger charge is 2.19. The lowest BCUT2D eigenvalue weighted by Gasteiger charge is -2.27. The van der Waals surface area contributed by atoms with Gasteiger partial charge in [0.2, 0.25) is 0 Å². The third-order valence-electron chi connectivity index (χ3n) is 9.22. The van der Waals surface area contributed by atoms with Gasteiger partial charge in [-0.05, 0) is 97.7 Å². The van der Waals surface area contributed by atoms with Gasteiger partial charge in [0.1, 0.15) is 6.10 Å². The minimum Gasteiger partial charge on any atom is -0.450 e. The zero-order chi connectivity index (χ0) is 32.6. The maximum atomic E-state index is 11.1. The number of allylic oxidation sites excluding steroid dienone is 1. The van der Waals surface area contributed by atoms with Crippen LogP contribution in [0.3, 0.4) is 0 Å². The quantitative estimate of drug-likeness (QED) is 0.0449. The summed E-state index contributed by atoms with van der Waals surface area (Å²) < 4.78 is 17.5. The monoisotopic (exact) mass is 638 g/mol. The van der Waals surface area contributed by atoms with E-state index in [0.717, 1.165) is 70.8 Å². The first-order valence-corrected chi connectivity index (χ1v) is 19.5. The van der Waals surface area contributed by atoms with Crippen LogP contribution < -0.4 is 0 Å². The molecule has 0 amide bonds. The normalized spacial score (nSPS) is 16.8. The van der Waals surface area contributed by atoms with Crippen LogP contribution in [0.25, 0.3) is 0 Å². The molecule has 0 aliphatic carbocycles. The predicted octanol–water partition coefficient (Wildman–Crippen LogP) is 11.9. The molecule has 0 aromatic carbocycles. The topological polar surface area (TPSA) is 68.2 Å². The minimum atomic E-state index is -1.12. The zero-order valence-electron chi connectivity index (χ0n) is 30.1. The lowest BCUT2D eigenvalue weighted by Crippen LogP contribution is -2.27. The molecule has 3 atom stereocenters. The van der Waals surface area contributed by atoms with Gasteiger partial charge in [-0.15, -0.1) is 0 Å². The number of nitrogens with zero attached hydrogens (tertiary/aromatic N) is 1. The molecule has 6 nitrogen and oxygen atoms in total. The van der Waals surface area contributed by atoms with Gasteiger partial charge in [-0.2, -0.15) is 0 Å². The summed E-state index contributed by atoms with van der Waals surface area (Å²) >= 11 is 0. The van der Waals surface area contributed by atoms with E-state index in [1.165, 1.54) is 122 Å². The summed E-state index contributed by atoms with van der Waals surface area (Å²) in [5.41, 5.74) is 0. The van der Waals surface area contributed by atoms with Crippen LogP contribution >= 0.6 is 0 Å². The van der Waals surface area contributed by atoms with E-state index in [9.17, 15) is 4.79 Å². The molecule has 2 unspecified atom stereocenters. The van der Waals surface area contributed by atoms with Crippen molar-refractivity contribution in [1.82, 2.24) is 4.90 Å². The Kier molecular flexibility index (Phi) is 29.3. The summed E-state index contributed by atoms with van der Waals surface area (Å²) in [6.45, 7) is 4.30. The molecule has 45 heavy (non-hydrogen) atoms. The van der Waals surface area contributed by atoms with Gasteiger partial charge < -0.3 is 24.2 Å². The fraction of sp³-hybridized carbons (Fsp3) is 0.923. The maximum Gasteiger partial charge on any atom is 0.506 e. The second-order valence-electron chi connectivity index (χ2n) is 13.9. The first-order valence-electron chi connectivity index (χ1n) is 19.5. The Morgan fingerprint density at radius 2 is 1.27 bits per heavy atom. The zero-order valence-corrected chi connectivity index (χ0v) is 30.1. The second-order valence-corrected chi connectivity index (χ2v) is 13.9. The van der Waals surface area contributed by atoms with E-state index in [1.807, 2.05) is 0 Å². The molecule has 1 fully saturated rings. The molecule has 0 radical (unpaired) electrons. The van der Waals surface area contributed by atoms with Crippen molar-refractivity contribution in [2.45, 2.75) is 205 Å². The average Bonchev–Trinajstić information content (AvgIpc) is 3.02. The number of ether oxygens (including phenoxy) is 3. The molecular formula is C39H75NO5. The third kappa shape index (κ3) is 28.8. The fourth-order valence-electron chi connectivity index (χ4n) is 6.40. The SMILES string of the molecule is CCCCCCCCCCC(CCCCCCCC=CC[C@@H](CCCCCCCCCN(C)C)OC1CCCCO1)OC(=O)O. The summed E-state index contributed by atoms with van der Waals surface area (Å²) in [4.78, 5) is 13.4. The summed E-state index contributed by atoms with van der Waals surface area (Å²) in [5.74, 6) is 0. The number of carbonyl (C=O) groups is 1. The molecule has 0 saturated carbocycles. The molecule has 0 bridgehead atoms. The van der Waals surface area contributed by atoms with Gasteiger partial charge in [0.25, 0.3) is 0 Å². The predicted molar refractivity (Wildman–Crippen MR) is 190 cm³/mol. The Hall–Kier alpha value is -1.11. The summed E-state index contributed by atoms with van der Waals surface area (Å²) in [6.07, 6.45) is 37.5. The van der Waals surface area contributed by atoms with E-state index in [-0.39, 0.29) is 18.5 Å². The van der Waals surface area contributed by atoms with Crippen molar-refractivity contribution in [2.24, 2.45) is 0 Å². The molecule has 0 aromatic rings. The van der Waals surface area contributed by atoms with Gasteiger partial charge in [0.15, 0.2) is 6.29 Å². The molecule has 1 aliphatic rings. The Morgan fingerprint density at radius 3 is 1.80 bits per heavy atom. The van der Waals surface area contributed by atoms with Gasteiger partial charge in [-0.25, -0.2) is 4.79 Å². The van der Waals surface area contributed by atoms with Crippen LogP contribution in [0.2, 0.25) is 0 Å². The molecule has 0 spiro atoms. The van der Waals surface area contributed by atoms with E-state index < -0.39 is 6.16 Å². The smallest absolute Gasteiger partial charge is 0.450 e. The van der Waals surface area contributed by atoms with Crippen LogP contribution in [0.5, 0.6) is 0 Å². The van der Waals surface area contributed by atoms with E-state index >= 15 is 0 Å². The lowest BCUT2D eigenvalue weighted by molar-refractivity contribution is -0.188. The summed E-state index contributed by atoms with van der Waals surface area (Å²) in [7, 11) is 4.32. The molecule has 1 saturated heterocycles. The molecule has 6 heteroatoms. The van der Waals surface area contributed by atoms with Crippen LogP contribution in [0.1, 0.15) is 187 Å². The van der Waals surface area contributed by atoms with Crippen LogP contribution in [-0.2, 0) is 14.2 Å². The van der Waals surface area contributed by atoms with Gasteiger partial charge in [0, 0.05) is 6.61 Å². The average molecular weight is 638 g/mol. The van der Waals surface area contributed by atoms with Gasteiger partial charge in [-0.3, -0.25) is 0 Å². The number of hydrogen-bond acceptors (Lipinski definition) is 5. The Bertz CT molecular complexity index is 664. The Labute approximate surface area is 279 Å². The van der Waals surface area contributed by atoms with Crippen molar-refractivity contribution in [3.8, 4) is 0 Å². The van der Waals surface area contributed by atoms with Crippen molar-refractivity contribution in [2.75, 3.05) is 27.2 Å². The van der Waals surface area contributed by atoms with Crippen molar-refractivity contribution in [3.05, 3.63) is 12.2 Å². The van der Waals surface area contributed by atoms with E-state index in [4.69, 9.17) is 19.3 Å². The van der Waals surface area contributed by atoms with Gasteiger partial charge in [0.05, 0.1) is 6.10 Å². The minimum absolute atomic E-state index is 0.00494. The molecule has 1 rings (SSSR count). The molecular weight excluding hydrogens is 562 g/mol. The number of unbranched alkanes of at least 4 members (excludes halogenated alkanes) is 18. The fourth-order valence-corrected chi connectivity index (χ4v) is 6.40. The van der Waals surface area contributed by atoms with Gasteiger partial charge in [-0.1, -0.05) is 122 Å². The second kappa shape index (κ2) is 31.5. The van der Waals surface area contributed by atoms with Crippen LogP contribution in [0, 0.1) is 0 Å². The van der Waals surface area contributed by atoms with Crippen molar-refractivity contribution in [3.63, 3.8) is 0 Å². The first-order chi connectivity index (χ1) is 22.0. The van der Waals surface area contributed by atoms with E-state index in [2.05, 4.69) is 38.1 Å². The third-order valence-corrected chi connectivity index (χ3v) is 9.22. The highest BCUT2D eigenvalue weighted by molar-refractivity contribution is 5.57. The highest BCUT2D eigenvalue weighted by Crippen LogP contribution is 2.21. The van der Waals surface area contributed by atoms with Gasteiger partial charge >= 0.3 is 6.16 Å². The largest absolute Gasteiger partial charge is 0.506 e. The maximum absolute atomic E-state index is 11.1. The molecule has 1 N–H and O–H groups in total. The van der Waals surface area contributed by atoms with Crippen LogP contribution in [0.15, 0.2) is 12.2 Å². The van der Waals surface area contributed by atoms with E-state index in [1.54, 1.807) is 0 Å². The number of hydrogen-bond donors (Lipinski definition) is 1. The molecule has 266 valence electrons. The molecule has 0 aromatic heterocycles. The van der Waals surface area contributed by atoms with Crippen LogP contribution in [-0.4, -0.2) is 61.9 Å². The Morgan fingerprint density at radius 1 is 0.733 bits per heavy atom. The summed E-state index contributed by atoms with van der Waals surface area (Å²) in [6, 6.07) is 0. The summed E-state index contributed by atoms with van der Waals surface area (Å²) in [5, 5.41) is 9.13.